The van der Waals surface area contributed by atoms with Gasteiger partial charge in [0.2, 0.25) is 0 Å². The fourth-order valence-electron chi connectivity index (χ4n) is 1.13. The third kappa shape index (κ3) is 3.64. The van der Waals surface area contributed by atoms with Gasteiger partial charge in [0.05, 0.1) is 6.61 Å². The summed E-state index contributed by atoms with van der Waals surface area (Å²) in [6, 6.07) is 7.13. The molecule has 3 N–H and O–H groups in total. The predicted octanol–water partition coefficient (Wildman–Crippen LogP) is 0.468. The molecule has 4 nitrogen and oxygen atoms in total. The Balaban J connectivity index is 2.56. The van der Waals surface area contributed by atoms with E-state index >= 15 is 0 Å². The molecule has 1 unspecified atom stereocenters. The highest BCUT2D eigenvalue weighted by molar-refractivity contribution is 5.94. The zero-order chi connectivity index (χ0) is 12.2. The Morgan fingerprint density at radius 1 is 1.38 bits per heavy atom. The van der Waals surface area contributed by atoms with E-state index in [0.717, 1.165) is 5.56 Å². The molecule has 1 aromatic rings. The molecule has 1 atom stereocenters. The normalized spacial score (nSPS) is 14.2. The van der Waals surface area contributed by atoms with Gasteiger partial charge in [-0.25, -0.2) is 0 Å². The number of carbonyl (C=O) groups is 1. The number of nitrogens with one attached hydrogen (secondary N) is 1. The summed E-state index contributed by atoms with van der Waals surface area (Å²) >= 11 is 0. The lowest BCUT2D eigenvalue weighted by molar-refractivity contribution is 0.00320. The first-order chi connectivity index (χ1) is 7.44. The van der Waals surface area contributed by atoms with E-state index in [1.165, 1.54) is 6.92 Å². The zero-order valence-corrected chi connectivity index (χ0v) is 9.53. The fourth-order valence-corrected chi connectivity index (χ4v) is 1.13. The first-order valence-electron chi connectivity index (χ1n) is 5.13. The summed E-state index contributed by atoms with van der Waals surface area (Å²) in [6.45, 7) is 3.04. The quantitative estimate of drug-likeness (QED) is 0.695. The largest absolute Gasteiger partial charge is 0.393 e. The maximum Gasteiger partial charge on any atom is 0.251 e. The number of hydrogen-bond donors (Lipinski definition) is 3. The van der Waals surface area contributed by atoms with Crippen LogP contribution in [-0.4, -0.2) is 34.9 Å². The molecule has 0 aliphatic heterocycles. The second-order valence-electron chi connectivity index (χ2n) is 4.20. The molecule has 16 heavy (non-hydrogen) atoms. The summed E-state index contributed by atoms with van der Waals surface area (Å²) in [4.78, 5) is 11.6. The third-order valence-corrected chi connectivity index (χ3v) is 2.28. The van der Waals surface area contributed by atoms with Crippen molar-refractivity contribution in [3.63, 3.8) is 0 Å². The van der Waals surface area contributed by atoms with Crippen molar-refractivity contribution in [2.75, 3.05) is 13.2 Å². The van der Waals surface area contributed by atoms with Gasteiger partial charge in [-0.1, -0.05) is 17.7 Å². The molecular formula is C12H17NO3. The number of amides is 1. The van der Waals surface area contributed by atoms with Crippen LogP contribution in [0.25, 0.3) is 0 Å². The van der Waals surface area contributed by atoms with E-state index in [-0.39, 0.29) is 19.1 Å². The highest BCUT2D eigenvalue weighted by Gasteiger charge is 2.19. The molecule has 0 aromatic heterocycles. The van der Waals surface area contributed by atoms with E-state index < -0.39 is 5.60 Å². The summed E-state index contributed by atoms with van der Waals surface area (Å²) in [6.07, 6.45) is 0. The van der Waals surface area contributed by atoms with Crippen molar-refractivity contribution in [1.82, 2.24) is 5.32 Å². The zero-order valence-electron chi connectivity index (χ0n) is 9.53. The van der Waals surface area contributed by atoms with Gasteiger partial charge in [0, 0.05) is 12.1 Å². The summed E-state index contributed by atoms with van der Waals surface area (Å²) in [5.74, 6) is -0.256. The van der Waals surface area contributed by atoms with Gasteiger partial charge in [-0.05, 0) is 26.0 Å². The highest BCUT2D eigenvalue weighted by Crippen LogP contribution is 2.04. The van der Waals surface area contributed by atoms with Crippen molar-refractivity contribution >= 4 is 5.91 Å². The van der Waals surface area contributed by atoms with Crippen LogP contribution in [0.1, 0.15) is 22.8 Å². The number of aryl methyl sites for hydroxylation is 1. The lowest BCUT2D eigenvalue weighted by atomic mass is 10.1. The van der Waals surface area contributed by atoms with Crippen molar-refractivity contribution in [3.8, 4) is 0 Å². The molecule has 0 heterocycles. The molecule has 0 bridgehead atoms. The summed E-state index contributed by atoms with van der Waals surface area (Å²) in [5, 5.41) is 20.9. The molecule has 0 radical (unpaired) electrons. The molecule has 0 aliphatic carbocycles. The second-order valence-corrected chi connectivity index (χ2v) is 4.20. The Bertz CT molecular complexity index is 357. The third-order valence-electron chi connectivity index (χ3n) is 2.28. The molecule has 0 saturated heterocycles. The molecule has 1 amide bonds. The van der Waals surface area contributed by atoms with Crippen molar-refractivity contribution < 1.29 is 15.0 Å². The van der Waals surface area contributed by atoms with Crippen LogP contribution < -0.4 is 5.32 Å². The van der Waals surface area contributed by atoms with Crippen molar-refractivity contribution in [2.45, 2.75) is 19.4 Å². The Hall–Kier alpha value is -1.39. The van der Waals surface area contributed by atoms with E-state index in [2.05, 4.69) is 5.32 Å². The molecule has 88 valence electrons. The molecule has 0 aliphatic rings. The topological polar surface area (TPSA) is 69.6 Å². The SMILES string of the molecule is Cc1ccc(C(=O)NCC(C)(O)CO)cc1. The predicted molar refractivity (Wildman–Crippen MR) is 61.2 cm³/mol. The highest BCUT2D eigenvalue weighted by atomic mass is 16.3. The molecule has 4 heteroatoms. The van der Waals surface area contributed by atoms with Crippen LogP contribution >= 0.6 is 0 Å². The van der Waals surface area contributed by atoms with Crippen molar-refractivity contribution in [2.24, 2.45) is 0 Å². The molecule has 0 fully saturated rings. The van der Waals surface area contributed by atoms with Crippen molar-refractivity contribution in [3.05, 3.63) is 35.4 Å². The maximum atomic E-state index is 11.6. The van der Waals surface area contributed by atoms with Crippen LogP contribution in [0.2, 0.25) is 0 Å². The van der Waals surface area contributed by atoms with Crippen LogP contribution in [0.3, 0.4) is 0 Å². The average molecular weight is 223 g/mol. The monoisotopic (exact) mass is 223 g/mol. The smallest absolute Gasteiger partial charge is 0.251 e. The van der Waals surface area contributed by atoms with Gasteiger partial charge in [-0.2, -0.15) is 0 Å². The lowest BCUT2D eigenvalue weighted by Gasteiger charge is -2.20. The second kappa shape index (κ2) is 5.09. The summed E-state index contributed by atoms with van der Waals surface area (Å²) < 4.78 is 0. The van der Waals surface area contributed by atoms with Gasteiger partial charge in [0.15, 0.2) is 0 Å². The maximum absolute atomic E-state index is 11.6. The van der Waals surface area contributed by atoms with Gasteiger partial charge < -0.3 is 15.5 Å². The van der Waals surface area contributed by atoms with Gasteiger partial charge >= 0.3 is 0 Å². The van der Waals surface area contributed by atoms with E-state index in [1.54, 1.807) is 12.1 Å². The van der Waals surface area contributed by atoms with Gasteiger partial charge in [0.1, 0.15) is 5.60 Å². The minimum Gasteiger partial charge on any atom is -0.393 e. The molecule has 0 saturated carbocycles. The standard InChI is InChI=1S/C12H17NO3/c1-9-3-5-10(6-4-9)11(15)13-7-12(2,16)8-14/h3-6,14,16H,7-8H2,1-2H3,(H,13,15). The van der Waals surface area contributed by atoms with E-state index in [9.17, 15) is 9.90 Å². The Morgan fingerprint density at radius 2 is 1.94 bits per heavy atom. The van der Waals surface area contributed by atoms with Gasteiger partial charge in [-0.15, -0.1) is 0 Å². The molecule has 1 rings (SSSR count). The fraction of sp³-hybridized carbons (Fsp3) is 0.417. The number of rotatable bonds is 4. The Morgan fingerprint density at radius 3 is 2.44 bits per heavy atom. The van der Waals surface area contributed by atoms with Crippen LogP contribution in [0.5, 0.6) is 0 Å². The molecule has 0 spiro atoms. The van der Waals surface area contributed by atoms with Crippen LogP contribution in [0.15, 0.2) is 24.3 Å². The van der Waals surface area contributed by atoms with E-state index in [4.69, 9.17) is 5.11 Å². The number of carbonyl (C=O) groups excluding carboxylic acids is 1. The Kier molecular flexibility index (Phi) is 4.04. The molecular weight excluding hydrogens is 206 g/mol. The van der Waals surface area contributed by atoms with Gasteiger partial charge in [-0.3, -0.25) is 4.79 Å². The summed E-state index contributed by atoms with van der Waals surface area (Å²) in [5.41, 5.74) is 0.346. The van der Waals surface area contributed by atoms with Crippen LogP contribution in [-0.2, 0) is 0 Å². The first-order valence-corrected chi connectivity index (χ1v) is 5.13. The van der Waals surface area contributed by atoms with Crippen molar-refractivity contribution in [1.29, 1.82) is 0 Å². The van der Waals surface area contributed by atoms with Crippen LogP contribution in [0, 0.1) is 6.92 Å². The molecule has 1 aromatic carbocycles. The minimum absolute atomic E-state index is 0.0240. The summed E-state index contributed by atoms with van der Waals surface area (Å²) in [7, 11) is 0. The number of benzene rings is 1. The Labute approximate surface area is 94.9 Å². The number of aliphatic hydroxyl groups is 2. The average Bonchev–Trinajstić information content (AvgIpc) is 2.27. The van der Waals surface area contributed by atoms with Gasteiger partial charge in [0.25, 0.3) is 5.91 Å². The minimum atomic E-state index is -1.28. The van der Waals surface area contributed by atoms with E-state index in [0.29, 0.717) is 5.56 Å². The van der Waals surface area contributed by atoms with E-state index in [1.807, 2.05) is 19.1 Å². The lowest BCUT2D eigenvalue weighted by Crippen LogP contribution is -2.43. The number of hydrogen-bond acceptors (Lipinski definition) is 3. The number of aliphatic hydroxyl groups excluding tert-OH is 1. The first kappa shape index (κ1) is 12.7. The van der Waals surface area contributed by atoms with Crippen LogP contribution in [0.4, 0.5) is 0 Å².